The van der Waals surface area contributed by atoms with Crippen molar-refractivity contribution in [1.29, 1.82) is 0 Å². The Labute approximate surface area is 221 Å². The van der Waals surface area contributed by atoms with E-state index in [2.05, 4.69) is 0 Å². The zero-order valence-electron chi connectivity index (χ0n) is 21.7. The van der Waals surface area contributed by atoms with Crippen molar-refractivity contribution in [2.45, 2.75) is 25.5 Å². The number of imide groups is 1. The molecule has 9 nitrogen and oxygen atoms in total. The lowest BCUT2D eigenvalue weighted by Gasteiger charge is -2.30. The van der Waals surface area contributed by atoms with Crippen LogP contribution in [0.3, 0.4) is 0 Å². The normalized spacial score (nSPS) is 20.5. The number of para-hydroxylation sites is 1. The lowest BCUT2D eigenvalue weighted by molar-refractivity contribution is -0.126. The van der Waals surface area contributed by atoms with Gasteiger partial charge in [0.05, 0.1) is 39.3 Å². The molecule has 2 aliphatic heterocycles. The molecular formula is C29H30N2O7. The number of nitrogens with zero attached hydrogens (tertiary/aromatic N) is 2. The van der Waals surface area contributed by atoms with Gasteiger partial charge in [-0.15, -0.1) is 0 Å². The van der Waals surface area contributed by atoms with Crippen LogP contribution in [-0.2, 0) is 14.4 Å². The van der Waals surface area contributed by atoms with Gasteiger partial charge in [-0.3, -0.25) is 14.4 Å². The molecule has 0 radical (unpaired) electrons. The van der Waals surface area contributed by atoms with E-state index in [1.165, 1.54) is 26.2 Å². The molecule has 2 heterocycles. The fourth-order valence-corrected chi connectivity index (χ4v) is 5.05. The smallest absolute Gasteiger partial charge is 0.266 e. The van der Waals surface area contributed by atoms with Gasteiger partial charge in [0.1, 0.15) is 17.7 Å². The first-order valence-electron chi connectivity index (χ1n) is 12.4. The third-order valence-corrected chi connectivity index (χ3v) is 6.75. The Morgan fingerprint density at radius 2 is 1.50 bits per heavy atom. The van der Waals surface area contributed by atoms with Crippen molar-refractivity contribution in [3.63, 3.8) is 0 Å². The number of rotatable bonds is 9. The highest BCUT2D eigenvalue weighted by molar-refractivity contribution is 6.24. The van der Waals surface area contributed by atoms with Gasteiger partial charge in [-0.1, -0.05) is 25.1 Å². The topological polar surface area (TPSA) is 86.8 Å². The zero-order valence-corrected chi connectivity index (χ0v) is 21.7. The van der Waals surface area contributed by atoms with Crippen LogP contribution in [0.15, 0.2) is 66.7 Å². The molecule has 0 unspecified atom stereocenters. The van der Waals surface area contributed by atoms with Crippen LogP contribution in [0.5, 0.6) is 23.0 Å². The zero-order chi connectivity index (χ0) is 26.8. The summed E-state index contributed by atoms with van der Waals surface area (Å²) in [5.74, 6) is 0.335. The van der Waals surface area contributed by atoms with Gasteiger partial charge in [0.2, 0.25) is 11.7 Å². The van der Waals surface area contributed by atoms with Gasteiger partial charge in [-0.2, -0.15) is 0 Å². The van der Waals surface area contributed by atoms with E-state index >= 15 is 0 Å². The molecule has 0 N–H and O–H groups in total. The minimum atomic E-state index is -1.01. The number of amides is 2. The molecule has 2 fully saturated rings. The minimum Gasteiger partial charge on any atom is -0.494 e. The first kappa shape index (κ1) is 25.4. The molecule has 2 aliphatic rings. The maximum Gasteiger partial charge on any atom is 0.266 e. The average Bonchev–Trinajstić information content (AvgIpc) is 3.47. The second-order valence-electron chi connectivity index (χ2n) is 8.94. The van der Waals surface area contributed by atoms with Gasteiger partial charge in [-0.05, 0) is 55.0 Å². The van der Waals surface area contributed by atoms with Crippen LogP contribution < -0.4 is 28.9 Å². The predicted molar refractivity (Wildman–Crippen MR) is 141 cm³/mol. The SMILES string of the molecule is CCCOc1ccc(N2C(=O)[C@H]3[C@@H](ON(c4ccccc4)[C@H]3c3ccc(OC)c(OC)c3OC)C2=O)cc1. The first-order chi connectivity index (χ1) is 18.5. The Hall–Kier alpha value is -4.24. The largest absolute Gasteiger partial charge is 0.494 e. The number of anilines is 2. The number of fused-ring (bicyclic) bond motifs is 1. The molecule has 2 amide bonds. The highest BCUT2D eigenvalue weighted by atomic mass is 16.7. The Morgan fingerprint density at radius 3 is 2.13 bits per heavy atom. The second kappa shape index (κ2) is 10.6. The summed E-state index contributed by atoms with van der Waals surface area (Å²) in [4.78, 5) is 35.0. The van der Waals surface area contributed by atoms with Crippen molar-refractivity contribution in [2.75, 3.05) is 37.9 Å². The number of carbonyl (C=O) groups excluding carboxylic acids is 2. The maximum absolute atomic E-state index is 14.0. The van der Waals surface area contributed by atoms with Crippen molar-refractivity contribution in [2.24, 2.45) is 5.92 Å². The molecule has 0 aliphatic carbocycles. The van der Waals surface area contributed by atoms with E-state index < -0.39 is 24.0 Å². The van der Waals surface area contributed by atoms with Gasteiger partial charge in [0.15, 0.2) is 17.6 Å². The fraction of sp³-hybridized carbons (Fsp3) is 0.310. The quantitative estimate of drug-likeness (QED) is 0.382. The van der Waals surface area contributed by atoms with Gasteiger partial charge in [-0.25, -0.2) is 9.96 Å². The van der Waals surface area contributed by atoms with Gasteiger partial charge >= 0.3 is 0 Å². The second-order valence-corrected chi connectivity index (χ2v) is 8.94. The number of methoxy groups -OCH3 is 3. The van der Waals surface area contributed by atoms with Crippen molar-refractivity contribution in [3.8, 4) is 23.0 Å². The molecule has 3 aromatic carbocycles. The van der Waals surface area contributed by atoms with E-state index in [0.717, 1.165) is 6.42 Å². The fourth-order valence-electron chi connectivity index (χ4n) is 5.05. The van der Waals surface area contributed by atoms with E-state index in [9.17, 15) is 9.59 Å². The number of hydrogen-bond acceptors (Lipinski definition) is 8. The molecule has 198 valence electrons. The average molecular weight is 519 g/mol. The number of hydroxylamine groups is 1. The minimum absolute atomic E-state index is 0.359. The summed E-state index contributed by atoms with van der Waals surface area (Å²) in [7, 11) is 4.58. The van der Waals surface area contributed by atoms with Crippen LogP contribution in [0.25, 0.3) is 0 Å². The number of benzene rings is 3. The summed E-state index contributed by atoms with van der Waals surface area (Å²) in [5, 5.41) is 1.62. The Morgan fingerprint density at radius 1 is 0.789 bits per heavy atom. The van der Waals surface area contributed by atoms with E-state index in [-0.39, 0.29) is 5.91 Å². The summed E-state index contributed by atoms with van der Waals surface area (Å²) in [6.45, 7) is 2.61. The number of carbonyl (C=O) groups is 2. The summed E-state index contributed by atoms with van der Waals surface area (Å²) in [6.07, 6.45) is -0.133. The molecule has 3 atom stereocenters. The Kier molecular flexibility index (Phi) is 7.11. The van der Waals surface area contributed by atoms with Crippen molar-refractivity contribution < 1.29 is 33.4 Å². The van der Waals surface area contributed by atoms with Crippen LogP contribution >= 0.6 is 0 Å². The third-order valence-electron chi connectivity index (χ3n) is 6.75. The molecular weight excluding hydrogens is 488 g/mol. The van der Waals surface area contributed by atoms with E-state index in [0.29, 0.717) is 46.5 Å². The summed E-state index contributed by atoms with van der Waals surface area (Å²) < 4.78 is 22.5. The summed E-state index contributed by atoms with van der Waals surface area (Å²) >= 11 is 0. The maximum atomic E-state index is 14.0. The molecule has 5 rings (SSSR count). The Bertz CT molecular complexity index is 1310. The summed E-state index contributed by atoms with van der Waals surface area (Å²) in [5.41, 5.74) is 1.80. The molecule has 2 saturated heterocycles. The molecule has 3 aromatic rings. The van der Waals surface area contributed by atoms with Gasteiger partial charge in [0, 0.05) is 5.56 Å². The first-order valence-corrected chi connectivity index (χ1v) is 12.4. The Balaban J connectivity index is 1.58. The van der Waals surface area contributed by atoms with Crippen molar-refractivity contribution in [1.82, 2.24) is 0 Å². The van der Waals surface area contributed by atoms with Crippen molar-refractivity contribution in [3.05, 3.63) is 72.3 Å². The van der Waals surface area contributed by atoms with Crippen LogP contribution in [0, 0.1) is 5.92 Å². The highest BCUT2D eigenvalue weighted by Crippen LogP contribution is 2.52. The van der Waals surface area contributed by atoms with Crippen LogP contribution in [0.1, 0.15) is 24.9 Å². The lowest BCUT2D eigenvalue weighted by atomic mass is 9.89. The standard InChI is InChI=1S/C29H30N2O7/c1-5-17-37-20-13-11-18(12-14-20)30-28(32)23-24(21-15-16-22(34-2)26(36-4)25(21)35-3)31(38-27(23)29(30)33)19-9-7-6-8-10-19/h6-16,23-24,27H,5,17H2,1-4H3/t23-,24+,27-/m1/s1. The highest BCUT2D eigenvalue weighted by Gasteiger charge is 2.61. The lowest BCUT2D eigenvalue weighted by Crippen LogP contribution is -2.37. The molecule has 0 saturated carbocycles. The van der Waals surface area contributed by atoms with E-state index in [4.69, 9.17) is 23.8 Å². The molecule has 38 heavy (non-hydrogen) atoms. The van der Waals surface area contributed by atoms with Crippen LogP contribution in [-0.4, -0.2) is 45.9 Å². The third kappa shape index (κ3) is 4.18. The molecule has 9 heteroatoms. The van der Waals surface area contributed by atoms with Gasteiger partial charge in [0.25, 0.3) is 5.91 Å². The molecule has 0 spiro atoms. The number of hydrogen-bond donors (Lipinski definition) is 0. The van der Waals surface area contributed by atoms with Crippen LogP contribution in [0.2, 0.25) is 0 Å². The van der Waals surface area contributed by atoms with E-state index in [1.807, 2.05) is 43.3 Å². The number of ether oxygens (including phenoxy) is 4. The molecule has 0 aromatic heterocycles. The van der Waals surface area contributed by atoms with Crippen LogP contribution in [0.4, 0.5) is 11.4 Å². The van der Waals surface area contributed by atoms with E-state index in [1.54, 1.807) is 35.4 Å². The predicted octanol–water partition coefficient (Wildman–Crippen LogP) is 4.55. The monoisotopic (exact) mass is 518 g/mol. The van der Waals surface area contributed by atoms with Gasteiger partial charge < -0.3 is 18.9 Å². The van der Waals surface area contributed by atoms with Crippen molar-refractivity contribution >= 4 is 23.2 Å². The molecule has 0 bridgehead atoms. The summed E-state index contributed by atoms with van der Waals surface area (Å²) in [6, 6.07) is 19.2.